The van der Waals surface area contributed by atoms with Crippen LogP contribution in [0.2, 0.25) is 0 Å². The molecule has 2 aliphatic heterocycles. The Bertz CT molecular complexity index is 218. The van der Waals surface area contributed by atoms with E-state index in [0.29, 0.717) is 11.6 Å². The summed E-state index contributed by atoms with van der Waals surface area (Å²) in [4.78, 5) is 2.64. The van der Waals surface area contributed by atoms with Crippen LogP contribution in [0.3, 0.4) is 0 Å². The first-order valence-corrected chi connectivity index (χ1v) is 7.28. The van der Waals surface area contributed by atoms with Gasteiger partial charge in [-0.1, -0.05) is 13.3 Å². The molecule has 2 saturated heterocycles. The van der Waals surface area contributed by atoms with Gasteiger partial charge in [0.2, 0.25) is 0 Å². The van der Waals surface area contributed by atoms with Crippen molar-refractivity contribution in [1.29, 1.82) is 0 Å². The van der Waals surface area contributed by atoms with Crippen molar-refractivity contribution in [2.75, 3.05) is 33.3 Å². The van der Waals surface area contributed by atoms with Gasteiger partial charge in [0.1, 0.15) is 0 Å². The topological polar surface area (TPSA) is 24.5 Å². The highest BCUT2D eigenvalue weighted by molar-refractivity contribution is 4.95. The Morgan fingerprint density at radius 3 is 2.65 bits per heavy atom. The highest BCUT2D eigenvalue weighted by atomic mass is 16.5. The number of nitrogens with zero attached hydrogens (tertiary/aromatic N) is 1. The largest absolute Gasteiger partial charge is 0.381 e. The second-order valence-electron chi connectivity index (χ2n) is 5.77. The highest BCUT2D eigenvalue weighted by Gasteiger charge is 2.35. The van der Waals surface area contributed by atoms with Crippen LogP contribution in [-0.2, 0) is 4.74 Å². The van der Waals surface area contributed by atoms with E-state index in [1.807, 2.05) is 7.11 Å². The quantitative estimate of drug-likeness (QED) is 0.795. The second kappa shape index (κ2) is 6.17. The molecule has 0 aliphatic carbocycles. The van der Waals surface area contributed by atoms with Gasteiger partial charge >= 0.3 is 0 Å². The smallest absolute Gasteiger partial charge is 0.0595 e. The maximum absolute atomic E-state index is 5.44. The normalized spacial score (nSPS) is 32.1. The molecule has 0 saturated carbocycles. The van der Waals surface area contributed by atoms with Gasteiger partial charge in [-0.2, -0.15) is 0 Å². The Morgan fingerprint density at radius 2 is 2.12 bits per heavy atom. The molecular weight excluding hydrogens is 212 g/mol. The fourth-order valence-electron chi connectivity index (χ4n) is 3.51. The van der Waals surface area contributed by atoms with Gasteiger partial charge in [0.25, 0.3) is 0 Å². The minimum absolute atomic E-state index is 0.425. The maximum Gasteiger partial charge on any atom is 0.0595 e. The molecule has 3 heteroatoms. The lowest BCUT2D eigenvalue weighted by molar-refractivity contribution is 0.0321. The molecule has 0 radical (unpaired) electrons. The van der Waals surface area contributed by atoms with E-state index < -0.39 is 0 Å². The van der Waals surface area contributed by atoms with Crippen LogP contribution in [0.5, 0.6) is 0 Å². The van der Waals surface area contributed by atoms with Crippen LogP contribution in [0.25, 0.3) is 0 Å². The third-order valence-electron chi connectivity index (χ3n) is 4.45. The minimum Gasteiger partial charge on any atom is -0.381 e. The summed E-state index contributed by atoms with van der Waals surface area (Å²) in [5.74, 6) is 0. The molecule has 2 aliphatic rings. The monoisotopic (exact) mass is 240 g/mol. The summed E-state index contributed by atoms with van der Waals surface area (Å²) in [5, 5.41) is 3.77. The van der Waals surface area contributed by atoms with Crippen molar-refractivity contribution >= 4 is 0 Å². The van der Waals surface area contributed by atoms with Crippen molar-refractivity contribution in [3.63, 3.8) is 0 Å². The lowest BCUT2D eigenvalue weighted by Crippen LogP contribution is -2.52. The Kier molecular flexibility index (Phi) is 4.83. The summed E-state index contributed by atoms with van der Waals surface area (Å²) in [6, 6.07) is 0. The third-order valence-corrected chi connectivity index (χ3v) is 4.45. The minimum atomic E-state index is 0.425. The number of methoxy groups -OCH3 is 1. The fourth-order valence-corrected chi connectivity index (χ4v) is 3.51. The molecule has 0 spiro atoms. The lowest BCUT2D eigenvalue weighted by Gasteiger charge is -2.39. The van der Waals surface area contributed by atoms with Crippen LogP contribution in [0.15, 0.2) is 0 Å². The molecular formula is C14H28N2O. The van der Waals surface area contributed by atoms with Crippen molar-refractivity contribution in [2.45, 2.75) is 57.1 Å². The SMILES string of the molecule is CCCC1(CN2CCC(OC)CC2)CCCN1. The molecule has 100 valence electrons. The summed E-state index contributed by atoms with van der Waals surface area (Å²) in [6.07, 6.45) is 8.26. The number of piperidine rings is 1. The van der Waals surface area contributed by atoms with Crippen LogP contribution in [-0.4, -0.2) is 49.8 Å². The molecule has 2 heterocycles. The predicted molar refractivity (Wildman–Crippen MR) is 71.3 cm³/mol. The molecule has 0 aromatic rings. The second-order valence-corrected chi connectivity index (χ2v) is 5.77. The van der Waals surface area contributed by atoms with Gasteiger partial charge in [0.15, 0.2) is 0 Å². The van der Waals surface area contributed by atoms with Gasteiger partial charge in [-0.15, -0.1) is 0 Å². The zero-order chi connectivity index (χ0) is 12.1. The number of nitrogens with one attached hydrogen (secondary N) is 1. The highest BCUT2D eigenvalue weighted by Crippen LogP contribution is 2.27. The first-order valence-electron chi connectivity index (χ1n) is 7.28. The van der Waals surface area contributed by atoms with Crippen molar-refractivity contribution in [1.82, 2.24) is 10.2 Å². The van der Waals surface area contributed by atoms with Gasteiger partial charge in [-0.05, 0) is 38.6 Å². The summed E-state index contributed by atoms with van der Waals surface area (Å²) in [7, 11) is 1.84. The number of likely N-dealkylation sites (tertiary alicyclic amines) is 1. The molecule has 1 N–H and O–H groups in total. The van der Waals surface area contributed by atoms with E-state index in [1.54, 1.807) is 0 Å². The van der Waals surface area contributed by atoms with Crippen molar-refractivity contribution < 1.29 is 4.74 Å². The summed E-state index contributed by atoms with van der Waals surface area (Å²) in [6.45, 7) is 7.20. The molecule has 0 bridgehead atoms. The van der Waals surface area contributed by atoms with Crippen molar-refractivity contribution in [2.24, 2.45) is 0 Å². The van der Waals surface area contributed by atoms with Gasteiger partial charge in [0.05, 0.1) is 6.10 Å². The Morgan fingerprint density at radius 1 is 1.35 bits per heavy atom. The number of rotatable bonds is 5. The van der Waals surface area contributed by atoms with E-state index in [4.69, 9.17) is 4.74 Å². The van der Waals surface area contributed by atoms with Crippen molar-refractivity contribution in [3.8, 4) is 0 Å². The van der Waals surface area contributed by atoms with E-state index in [1.165, 1.54) is 64.7 Å². The van der Waals surface area contributed by atoms with E-state index >= 15 is 0 Å². The molecule has 3 nitrogen and oxygen atoms in total. The van der Waals surface area contributed by atoms with Gasteiger partial charge in [0, 0.05) is 32.3 Å². The lowest BCUT2D eigenvalue weighted by atomic mass is 9.90. The zero-order valence-electron chi connectivity index (χ0n) is 11.5. The van der Waals surface area contributed by atoms with Crippen LogP contribution < -0.4 is 5.32 Å². The molecule has 2 rings (SSSR count). The molecule has 0 amide bonds. The standard InChI is InChI=1S/C14H28N2O/c1-3-7-14(8-4-9-15-14)12-16-10-5-13(17-2)6-11-16/h13,15H,3-12H2,1-2H3. The fraction of sp³-hybridized carbons (Fsp3) is 1.00. The van der Waals surface area contributed by atoms with Gasteiger partial charge in [-0.25, -0.2) is 0 Å². The summed E-state index contributed by atoms with van der Waals surface area (Å²) < 4.78 is 5.44. The molecule has 0 aromatic carbocycles. The first-order chi connectivity index (χ1) is 8.28. The number of hydrogen-bond donors (Lipinski definition) is 1. The van der Waals surface area contributed by atoms with Gasteiger partial charge < -0.3 is 15.0 Å². The van der Waals surface area contributed by atoms with E-state index in [2.05, 4.69) is 17.1 Å². The summed E-state index contributed by atoms with van der Waals surface area (Å²) in [5.41, 5.74) is 0.425. The molecule has 17 heavy (non-hydrogen) atoms. The predicted octanol–water partition coefficient (Wildman–Crippen LogP) is 2.02. The van der Waals surface area contributed by atoms with Crippen LogP contribution in [0.1, 0.15) is 45.4 Å². The van der Waals surface area contributed by atoms with E-state index in [-0.39, 0.29) is 0 Å². The Labute approximate surface area is 106 Å². The Hall–Kier alpha value is -0.120. The van der Waals surface area contributed by atoms with Gasteiger partial charge in [-0.3, -0.25) is 0 Å². The van der Waals surface area contributed by atoms with Crippen LogP contribution >= 0.6 is 0 Å². The van der Waals surface area contributed by atoms with Crippen molar-refractivity contribution in [3.05, 3.63) is 0 Å². The van der Waals surface area contributed by atoms with E-state index in [9.17, 15) is 0 Å². The average molecular weight is 240 g/mol. The number of hydrogen-bond acceptors (Lipinski definition) is 3. The molecule has 2 fully saturated rings. The third kappa shape index (κ3) is 3.43. The summed E-state index contributed by atoms with van der Waals surface area (Å²) >= 11 is 0. The molecule has 0 aromatic heterocycles. The van der Waals surface area contributed by atoms with E-state index in [0.717, 1.165) is 0 Å². The zero-order valence-corrected chi connectivity index (χ0v) is 11.5. The first kappa shape index (κ1) is 13.3. The Balaban J connectivity index is 1.82. The molecule has 1 atom stereocenters. The van der Waals surface area contributed by atoms with Crippen LogP contribution in [0.4, 0.5) is 0 Å². The maximum atomic E-state index is 5.44. The average Bonchev–Trinajstić information content (AvgIpc) is 2.79. The molecule has 1 unspecified atom stereocenters. The van der Waals surface area contributed by atoms with Crippen LogP contribution in [0, 0.1) is 0 Å². The number of ether oxygens (including phenoxy) is 1.